The number of nitrogens with zero attached hydrogens (tertiary/aromatic N) is 1. The van der Waals surface area contributed by atoms with Crippen molar-refractivity contribution in [1.29, 1.82) is 0 Å². The van der Waals surface area contributed by atoms with Crippen LogP contribution in [0.4, 0.5) is 0 Å². The van der Waals surface area contributed by atoms with Gasteiger partial charge in [-0.1, -0.05) is 42.5 Å². The minimum absolute atomic E-state index is 0.0312. The van der Waals surface area contributed by atoms with Crippen molar-refractivity contribution in [2.75, 3.05) is 20.3 Å². The number of ketones is 1. The molecule has 1 atom stereocenters. The van der Waals surface area contributed by atoms with E-state index < -0.39 is 17.7 Å². The summed E-state index contributed by atoms with van der Waals surface area (Å²) in [6, 6.07) is 15.4. The van der Waals surface area contributed by atoms with Crippen LogP contribution in [0, 0.1) is 0 Å². The Morgan fingerprint density at radius 1 is 1.10 bits per heavy atom. The van der Waals surface area contributed by atoms with Gasteiger partial charge < -0.3 is 19.5 Å². The van der Waals surface area contributed by atoms with E-state index in [1.54, 1.807) is 24.3 Å². The van der Waals surface area contributed by atoms with E-state index in [9.17, 15) is 14.7 Å². The monoisotopic (exact) mass is 395 g/mol. The third-order valence-electron chi connectivity index (χ3n) is 4.67. The van der Waals surface area contributed by atoms with Gasteiger partial charge in [0.1, 0.15) is 11.5 Å². The Balaban J connectivity index is 2.11. The molecule has 1 aliphatic rings. The van der Waals surface area contributed by atoms with Crippen LogP contribution in [0.25, 0.3) is 5.76 Å². The summed E-state index contributed by atoms with van der Waals surface area (Å²) < 4.78 is 10.8. The van der Waals surface area contributed by atoms with Gasteiger partial charge in [-0.15, -0.1) is 0 Å². The first-order chi connectivity index (χ1) is 13.9. The molecule has 1 heterocycles. The molecule has 3 rings (SSSR count). The maximum absolute atomic E-state index is 12.9. The molecular weight excluding hydrogens is 370 g/mol. The lowest BCUT2D eigenvalue weighted by atomic mass is 9.95. The van der Waals surface area contributed by atoms with Gasteiger partial charge in [0.15, 0.2) is 0 Å². The third kappa shape index (κ3) is 4.32. The highest BCUT2D eigenvalue weighted by Crippen LogP contribution is 2.39. The van der Waals surface area contributed by atoms with Crippen LogP contribution in [-0.4, -0.2) is 48.1 Å². The van der Waals surface area contributed by atoms with E-state index in [0.29, 0.717) is 11.3 Å². The molecule has 6 heteroatoms. The van der Waals surface area contributed by atoms with Crippen molar-refractivity contribution in [3.05, 3.63) is 71.3 Å². The molecule has 29 heavy (non-hydrogen) atoms. The van der Waals surface area contributed by atoms with Crippen molar-refractivity contribution < 1.29 is 24.2 Å². The normalized spacial score (nSPS) is 18.5. The first-order valence-corrected chi connectivity index (χ1v) is 9.53. The molecule has 1 fully saturated rings. The molecule has 0 radical (unpaired) electrons. The zero-order valence-electron chi connectivity index (χ0n) is 16.8. The fraction of sp³-hybridized carbons (Fsp3) is 0.304. The number of Topliss-reactive ketones (excluding diaryl/α,β-unsaturated/α-hetero) is 1. The van der Waals surface area contributed by atoms with E-state index in [2.05, 4.69) is 0 Å². The molecule has 1 aliphatic heterocycles. The Morgan fingerprint density at radius 2 is 1.83 bits per heavy atom. The Morgan fingerprint density at radius 3 is 2.48 bits per heavy atom. The maximum atomic E-state index is 12.9. The molecule has 1 saturated heterocycles. The number of methoxy groups -OCH3 is 1. The van der Waals surface area contributed by atoms with E-state index in [1.807, 2.05) is 44.2 Å². The van der Waals surface area contributed by atoms with Crippen molar-refractivity contribution in [3.63, 3.8) is 0 Å². The van der Waals surface area contributed by atoms with Crippen LogP contribution in [0.3, 0.4) is 0 Å². The summed E-state index contributed by atoms with van der Waals surface area (Å²) in [7, 11) is 1.54. The van der Waals surface area contributed by atoms with Crippen molar-refractivity contribution in [2.24, 2.45) is 0 Å². The van der Waals surface area contributed by atoms with Gasteiger partial charge in [-0.3, -0.25) is 9.59 Å². The largest absolute Gasteiger partial charge is 0.507 e. The second kappa shape index (κ2) is 8.92. The second-order valence-corrected chi connectivity index (χ2v) is 7.09. The summed E-state index contributed by atoms with van der Waals surface area (Å²) in [5.74, 6) is -0.991. The van der Waals surface area contributed by atoms with Crippen molar-refractivity contribution in [2.45, 2.75) is 26.0 Å². The topological polar surface area (TPSA) is 76.1 Å². The van der Waals surface area contributed by atoms with Gasteiger partial charge in [0, 0.05) is 19.2 Å². The van der Waals surface area contributed by atoms with Gasteiger partial charge in [0.2, 0.25) is 0 Å². The van der Waals surface area contributed by atoms with Gasteiger partial charge >= 0.3 is 0 Å². The number of hydrogen-bond acceptors (Lipinski definition) is 5. The summed E-state index contributed by atoms with van der Waals surface area (Å²) in [6.45, 7) is 4.34. The van der Waals surface area contributed by atoms with Crippen LogP contribution >= 0.6 is 0 Å². The minimum atomic E-state index is -0.706. The van der Waals surface area contributed by atoms with Crippen molar-refractivity contribution in [1.82, 2.24) is 4.90 Å². The average molecular weight is 395 g/mol. The number of carbonyl (C=O) groups excluding carboxylic acids is 2. The number of aliphatic hydroxyl groups is 1. The number of hydrogen-bond donors (Lipinski definition) is 1. The fourth-order valence-electron chi connectivity index (χ4n) is 3.43. The number of aliphatic hydroxyl groups excluding tert-OH is 1. The molecule has 0 bridgehead atoms. The molecule has 0 aliphatic carbocycles. The zero-order chi connectivity index (χ0) is 21.0. The quantitative estimate of drug-likeness (QED) is 0.441. The first kappa shape index (κ1) is 20.6. The number of carbonyl (C=O) groups is 2. The number of benzene rings is 2. The summed E-state index contributed by atoms with van der Waals surface area (Å²) in [6.07, 6.45) is -0.0312. The Bertz CT molecular complexity index is 920. The predicted octanol–water partition coefficient (Wildman–Crippen LogP) is 3.54. The SMILES string of the molecule is COCCN1C(=O)C(=O)/C(=C(\O)c2cccc(OC(C)C)c2)C1c1ccccc1. The fourth-order valence-corrected chi connectivity index (χ4v) is 3.43. The van der Waals surface area contributed by atoms with Gasteiger partial charge in [0.25, 0.3) is 11.7 Å². The lowest BCUT2D eigenvalue weighted by Gasteiger charge is -2.25. The predicted molar refractivity (Wildman–Crippen MR) is 110 cm³/mol. The highest BCUT2D eigenvalue weighted by atomic mass is 16.5. The first-order valence-electron chi connectivity index (χ1n) is 9.53. The summed E-state index contributed by atoms with van der Waals surface area (Å²) in [5.41, 5.74) is 1.24. The molecule has 1 amide bonds. The molecule has 0 saturated carbocycles. The van der Waals surface area contributed by atoms with Gasteiger partial charge in [-0.2, -0.15) is 0 Å². The Labute approximate surface area is 170 Å². The molecular formula is C23H25NO5. The lowest BCUT2D eigenvalue weighted by molar-refractivity contribution is -0.140. The molecule has 2 aromatic carbocycles. The second-order valence-electron chi connectivity index (χ2n) is 7.09. The third-order valence-corrected chi connectivity index (χ3v) is 4.67. The molecule has 0 spiro atoms. The molecule has 1 N–H and O–H groups in total. The van der Waals surface area contributed by atoms with E-state index in [-0.39, 0.29) is 30.6 Å². The van der Waals surface area contributed by atoms with Crippen LogP contribution in [0.15, 0.2) is 60.2 Å². The van der Waals surface area contributed by atoms with Crippen LogP contribution in [0.5, 0.6) is 5.75 Å². The number of amides is 1. The van der Waals surface area contributed by atoms with E-state index >= 15 is 0 Å². The Kier molecular flexibility index (Phi) is 6.34. The van der Waals surface area contributed by atoms with Crippen molar-refractivity contribution >= 4 is 17.4 Å². The molecule has 0 aromatic heterocycles. The van der Waals surface area contributed by atoms with Gasteiger partial charge in [-0.05, 0) is 31.5 Å². The summed E-state index contributed by atoms with van der Waals surface area (Å²) >= 11 is 0. The van der Waals surface area contributed by atoms with E-state index in [4.69, 9.17) is 9.47 Å². The van der Waals surface area contributed by atoms with Crippen LogP contribution in [-0.2, 0) is 14.3 Å². The maximum Gasteiger partial charge on any atom is 0.295 e. The Hall–Kier alpha value is -3.12. The minimum Gasteiger partial charge on any atom is -0.507 e. The molecule has 1 unspecified atom stereocenters. The van der Waals surface area contributed by atoms with E-state index in [0.717, 1.165) is 5.56 Å². The van der Waals surface area contributed by atoms with E-state index in [1.165, 1.54) is 12.0 Å². The smallest absolute Gasteiger partial charge is 0.295 e. The summed E-state index contributed by atoms with van der Waals surface area (Å²) in [4.78, 5) is 27.0. The number of likely N-dealkylation sites (tertiary alicyclic amines) is 1. The molecule has 152 valence electrons. The van der Waals surface area contributed by atoms with Crippen LogP contribution in [0.1, 0.15) is 31.0 Å². The van der Waals surface area contributed by atoms with Gasteiger partial charge in [0.05, 0.1) is 24.3 Å². The average Bonchev–Trinajstić information content (AvgIpc) is 2.96. The van der Waals surface area contributed by atoms with Gasteiger partial charge in [-0.25, -0.2) is 0 Å². The van der Waals surface area contributed by atoms with Crippen LogP contribution < -0.4 is 4.74 Å². The van der Waals surface area contributed by atoms with Crippen molar-refractivity contribution in [3.8, 4) is 5.75 Å². The molecule has 2 aromatic rings. The highest BCUT2D eigenvalue weighted by molar-refractivity contribution is 6.46. The standard InChI is InChI=1S/C23H25NO5/c1-15(2)29-18-11-7-10-17(14-18)21(25)19-20(16-8-5-4-6-9-16)24(12-13-28-3)23(27)22(19)26/h4-11,14-15,20,25H,12-13H2,1-3H3/b21-19-. The van der Waals surface area contributed by atoms with Crippen LogP contribution in [0.2, 0.25) is 0 Å². The number of rotatable bonds is 7. The zero-order valence-corrected chi connectivity index (χ0v) is 16.8. The highest BCUT2D eigenvalue weighted by Gasteiger charge is 2.45. The lowest BCUT2D eigenvalue weighted by Crippen LogP contribution is -2.32. The molecule has 6 nitrogen and oxygen atoms in total. The number of ether oxygens (including phenoxy) is 2. The summed E-state index contributed by atoms with van der Waals surface area (Å²) in [5, 5.41) is 11.0.